The molecular weight excluding hydrogens is 298 g/mol. The molecule has 114 valence electrons. The molecule has 0 heterocycles. The zero-order chi connectivity index (χ0) is 15.8. The fourth-order valence-electron chi connectivity index (χ4n) is 1.65. The van der Waals surface area contributed by atoms with Gasteiger partial charge in [0.05, 0.1) is 13.3 Å². The number of phenolic OH excluding ortho intramolecular Hbond substituents is 1. The van der Waals surface area contributed by atoms with E-state index in [0.29, 0.717) is 16.5 Å². The third-order valence-corrected chi connectivity index (χ3v) is 3.69. The van der Waals surface area contributed by atoms with Gasteiger partial charge in [0.15, 0.2) is 5.17 Å². The number of ether oxygens (including phenoxy) is 1. The van der Waals surface area contributed by atoms with Crippen LogP contribution in [0.25, 0.3) is 0 Å². The van der Waals surface area contributed by atoms with Gasteiger partial charge in [0, 0.05) is 11.3 Å². The first-order chi connectivity index (χ1) is 10.7. The SMILES string of the molecule is COc1ccc(CS/C(N)=N/N=C/c2ccccc2O)cc1. The summed E-state index contributed by atoms with van der Waals surface area (Å²) in [7, 11) is 1.64. The van der Waals surface area contributed by atoms with Crippen LogP contribution in [0.2, 0.25) is 0 Å². The number of thioether (sulfide) groups is 1. The molecule has 0 radical (unpaired) electrons. The summed E-state index contributed by atoms with van der Waals surface area (Å²) < 4.78 is 5.10. The quantitative estimate of drug-likeness (QED) is 0.505. The van der Waals surface area contributed by atoms with Crippen LogP contribution >= 0.6 is 11.8 Å². The number of rotatable bonds is 5. The minimum atomic E-state index is 0.158. The van der Waals surface area contributed by atoms with Crippen LogP contribution in [0.15, 0.2) is 58.7 Å². The molecule has 0 saturated heterocycles. The second-order valence-electron chi connectivity index (χ2n) is 4.38. The third kappa shape index (κ3) is 4.82. The van der Waals surface area contributed by atoms with E-state index in [0.717, 1.165) is 11.3 Å². The van der Waals surface area contributed by atoms with Gasteiger partial charge in [-0.1, -0.05) is 36.0 Å². The molecule has 3 N–H and O–H groups in total. The molecule has 2 rings (SSSR count). The van der Waals surface area contributed by atoms with E-state index in [1.807, 2.05) is 30.3 Å². The Morgan fingerprint density at radius 3 is 2.64 bits per heavy atom. The second-order valence-corrected chi connectivity index (χ2v) is 5.37. The van der Waals surface area contributed by atoms with Crippen molar-refractivity contribution in [1.29, 1.82) is 0 Å². The lowest BCUT2D eigenvalue weighted by Crippen LogP contribution is -2.06. The Bertz CT molecular complexity index is 669. The van der Waals surface area contributed by atoms with Crippen molar-refractivity contribution in [2.45, 2.75) is 5.75 Å². The molecule has 2 aromatic carbocycles. The number of nitrogens with zero attached hydrogens (tertiary/aromatic N) is 2. The number of hydrogen-bond acceptors (Lipinski definition) is 5. The summed E-state index contributed by atoms with van der Waals surface area (Å²) in [6.45, 7) is 0. The van der Waals surface area contributed by atoms with Crippen LogP contribution in [0.3, 0.4) is 0 Å². The van der Waals surface area contributed by atoms with Gasteiger partial charge in [-0.05, 0) is 29.8 Å². The molecule has 0 aliphatic rings. The molecule has 2 aromatic rings. The van der Waals surface area contributed by atoms with Gasteiger partial charge in [0.25, 0.3) is 0 Å². The Hall–Kier alpha value is -2.47. The monoisotopic (exact) mass is 315 g/mol. The maximum atomic E-state index is 9.58. The predicted molar refractivity (Wildman–Crippen MR) is 91.6 cm³/mol. The van der Waals surface area contributed by atoms with Crippen molar-refractivity contribution < 1.29 is 9.84 Å². The van der Waals surface area contributed by atoms with Crippen molar-refractivity contribution in [2.24, 2.45) is 15.9 Å². The van der Waals surface area contributed by atoms with Gasteiger partial charge >= 0.3 is 0 Å². The second kappa shape index (κ2) is 8.09. The number of para-hydroxylation sites is 1. The Balaban J connectivity index is 1.88. The first-order valence-electron chi connectivity index (χ1n) is 6.59. The molecule has 0 bridgehead atoms. The van der Waals surface area contributed by atoms with E-state index in [2.05, 4.69) is 10.2 Å². The molecule has 22 heavy (non-hydrogen) atoms. The maximum absolute atomic E-state index is 9.58. The van der Waals surface area contributed by atoms with E-state index in [4.69, 9.17) is 10.5 Å². The van der Waals surface area contributed by atoms with Gasteiger partial charge < -0.3 is 15.6 Å². The van der Waals surface area contributed by atoms with Crippen LogP contribution in [0.5, 0.6) is 11.5 Å². The van der Waals surface area contributed by atoms with E-state index in [1.54, 1.807) is 25.3 Å². The van der Waals surface area contributed by atoms with Crippen LogP contribution in [0.4, 0.5) is 0 Å². The Labute approximate surface area is 133 Å². The van der Waals surface area contributed by atoms with Gasteiger partial charge in [0.2, 0.25) is 0 Å². The zero-order valence-electron chi connectivity index (χ0n) is 12.1. The van der Waals surface area contributed by atoms with Crippen molar-refractivity contribution in [3.05, 3.63) is 59.7 Å². The summed E-state index contributed by atoms with van der Waals surface area (Å²) in [6, 6.07) is 14.7. The van der Waals surface area contributed by atoms with Crippen LogP contribution < -0.4 is 10.5 Å². The highest BCUT2D eigenvalue weighted by Crippen LogP contribution is 2.17. The first-order valence-corrected chi connectivity index (χ1v) is 7.58. The number of amidine groups is 1. The van der Waals surface area contributed by atoms with Crippen molar-refractivity contribution in [3.63, 3.8) is 0 Å². The zero-order valence-corrected chi connectivity index (χ0v) is 13.0. The molecular formula is C16H17N3O2S. The van der Waals surface area contributed by atoms with Gasteiger partial charge in [0.1, 0.15) is 11.5 Å². The molecule has 0 amide bonds. The fourth-order valence-corrected chi connectivity index (χ4v) is 2.26. The summed E-state index contributed by atoms with van der Waals surface area (Å²) in [5.74, 6) is 1.68. The lowest BCUT2D eigenvalue weighted by molar-refractivity contribution is 0.414. The van der Waals surface area contributed by atoms with Crippen LogP contribution in [0, 0.1) is 0 Å². The molecule has 0 atom stereocenters. The lowest BCUT2D eigenvalue weighted by Gasteiger charge is -2.02. The number of methoxy groups -OCH3 is 1. The summed E-state index contributed by atoms with van der Waals surface area (Å²) in [5, 5.41) is 17.7. The van der Waals surface area contributed by atoms with Crippen LogP contribution in [-0.4, -0.2) is 23.6 Å². The highest BCUT2D eigenvalue weighted by Gasteiger charge is 1.98. The molecule has 6 heteroatoms. The van der Waals surface area contributed by atoms with Crippen LogP contribution in [-0.2, 0) is 5.75 Å². The van der Waals surface area contributed by atoms with Crippen molar-refractivity contribution in [1.82, 2.24) is 0 Å². The first kappa shape index (κ1) is 15.9. The Kier molecular flexibility index (Phi) is 5.85. The molecule has 0 aliphatic heterocycles. The minimum Gasteiger partial charge on any atom is -0.507 e. The topological polar surface area (TPSA) is 80.2 Å². The predicted octanol–water partition coefficient (Wildman–Crippen LogP) is 2.98. The molecule has 0 unspecified atom stereocenters. The Morgan fingerprint density at radius 1 is 1.23 bits per heavy atom. The van der Waals surface area contributed by atoms with Gasteiger partial charge in [-0.3, -0.25) is 0 Å². The highest BCUT2D eigenvalue weighted by molar-refractivity contribution is 8.13. The van der Waals surface area contributed by atoms with Crippen LogP contribution in [0.1, 0.15) is 11.1 Å². The van der Waals surface area contributed by atoms with E-state index in [-0.39, 0.29) is 5.75 Å². The van der Waals surface area contributed by atoms with E-state index in [9.17, 15) is 5.11 Å². The van der Waals surface area contributed by atoms with Gasteiger partial charge in [-0.2, -0.15) is 5.10 Å². The summed E-state index contributed by atoms with van der Waals surface area (Å²) in [5.41, 5.74) is 7.51. The fraction of sp³-hybridized carbons (Fsp3) is 0.125. The molecule has 0 spiro atoms. The standard InChI is InChI=1S/C16H17N3O2S/c1-21-14-8-6-12(7-9-14)11-22-16(17)19-18-10-13-4-2-3-5-15(13)20/h2-10,20H,11H2,1H3,(H2,17,19)/b18-10+. The number of nitrogens with two attached hydrogens (primary N) is 1. The van der Waals surface area contributed by atoms with E-state index in [1.165, 1.54) is 18.0 Å². The summed E-state index contributed by atoms with van der Waals surface area (Å²) in [6.07, 6.45) is 1.47. The van der Waals surface area contributed by atoms with Gasteiger partial charge in [-0.15, -0.1) is 5.10 Å². The number of phenols is 1. The molecule has 0 aliphatic carbocycles. The highest BCUT2D eigenvalue weighted by atomic mass is 32.2. The molecule has 5 nitrogen and oxygen atoms in total. The summed E-state index contributed by atoms with van der Waals surface area (Å²) in [4.78, 5) is 0. The summed E-state index contributed by atoms with van der Waals surface area (Å²) >= 11 is 1.39. The third-order valence-electron chi connectivity index (χ3n) is 2.84. The molecule has 0 fully saturated rings. The normalized spacial score (nSPS) is 11.8. The number of aromatic hydroxyl groups is 1. The van der Waals surface area contributed by atoms with Gasteiger partial charge in [-0.25, -0.2) is 0 Å². The number of benzene rings is 2. The minimum absolute atomic E-state index is 0.158. The maximum Gasteiger partial charge on any atom is 0.180 e. The average Bonchev–Trinajstić information content (AvgIpc) is 2.55. The molecule has 0 aromatic heterocycles. The van der Waals surface area contributed by atoms with Crippen molar-refractivity contribution in [2.75, 3.05) is 7.11 Å². The molecule has 0 saturated carbocycles. The smallest absolute Gasteiger partial charge is 0.180 e. The Morgan fingerprint density at radius 2 is 1.95 bits per heavy atom. The van der Waals surface area contributed by atoms with Crippen molar-refractivity contribution >= 4 is 23.1 Å². The number of hydrogen-bond donors (Lipinski definition) is 2. The lowest BCUT2D eigenvalue weighted by atomic mass is 10.2. The average molecular weight is 315 g/mol. The largest absolute Gasteiger partial charge is 0.507 e. The van der Waals surface area contributed by atoms with E-state index < -0.39 is 0 Å². The van der Waals surface area contributed by atoms with E-state index >= 15 is 0 Å². The van der Waals surface area contributed by atoms with Crippen molar-refractivity contribution in [3.8, 4) is 11.5 Å².